The number of aromatic nitrogens is 1. The van der Waals surface area contributed by atoms with Crippen molar-refractivity contribution < 1.29 is 9.72 Å². The molecule has 8 heteroatoms. The van der Waals surface area contributed by atoms with Crippen LogP contribution >= 0.6 is 0 Å². The minimum Gasteiger partial charge on any atom is -0.371 e. The molecular weight excluding hydrogens is 358 g/mol. The summed E-state index contributed by atoms with van der Waals surface area (Å²) >= 11 is 0. The number of pyridine rings is 1. The normalized spacial score (nSPS) is 16.8. The van der Waals surface area contributed by atoms with Crippen molar-refractivity contribution >= 4 is 17.3 Å². The van der Waals surface area contributed by atoms with Crippen LogP contribution in [0.5, 0.6) is 0 Å². The Balaban J connectivity index is 1.73. The summed E-state index contributed by atoms with van der Waals surface area (Å²) in [6, 6.07) is 12.1. The second kappa shape index (κ2) is 9.80. The number of nitrogens with zero attached hydrogens (tertiary/aromatic N) is 3. The first-order chi connectivity index (χ1) is 13.6. The molecule has 1 aromatic heterocycles. The van der Waals surface area contributed by atoms with E-state index in [9.17, 15) is 14.9 Å². The van der Waals surface area contributed by atoms with Gasteiger partial charge in [-0.15, -0.1) is 0 Å². The van der Waals surface area contributed by atoms with Gasteiger partial charge in [0.2, 0.25) is 5.91 Å². The number of hydrogen-bond donors (Lipinski definition) is 2. The van der Waals surface area contributed by atoms with Crippen LogP contribution < -0.4 is 10.6 Å². The molecule has 1 aliphatic rings. The van der Waals surface area contributed by atoms with E-state index in [1.807, 2.05) is 23.1 Å². The number of hydrogen-bond acceptors (Lipinski definition) is 6. The van der Waals surface area contributed by atoms with Crippen LogP contribution in [0.4, 0.5) is 11.4 Å². The summed E-state index contributed by atoms with van der Waals surface area (Å²) in [6.07, 6.45) is 4.54. The summed E-state index contributed by atoms with van der Waals surface area (Å²) in [7, 11) is 0. The van der Waals surface area contributed by atoms with Gasteiger partial charge in [-0.2, -0.15) is 0 Å². The minimum atomic E-state index is -0.449. The van der Waals surface area contributed by atoms with E-state index in [-0.39, 0.29) is 24.2 Å². The van der Waals surface area contributed by atoms with E-state index in [0.29, 0.717) is 12.2 Å². The van der Waals surface area contributed by atoms with Crippen LogP contribution in [0, 0.1) is 10.1 Å². The molecule has 8 nitrogen and oxygen atoms in total. The molecule has 0 saturated carbocycles. The van der Waals surface area contributed by atoms with Gasteiger partial charge >= 0.3 is 0 Å². The summed E-state index contributed by atoms with van der Waals surface area (Å²) in [5, 5.41) is 17.5. The molecule has 28 heavy (non-hydrogen) atoms. The fourth-order valence-corrected chi connectivity index (χ4v) is 3.45. The zero-order valence-electron chi connectivity index (χ0n) is 15.7. The van der Waals surface area contributed by atoms with Crippen LogP contribution in [-0.4, -0.2) is 46.4 Å². The van der Waals surface area contributed by atoms with Gasteiger partial charge in [0.15, 0.2) is 0 Å². The van der Waals surface area contributed by atoms with E-state index >= 15 is 0 Å². The molecule has 1 atom stereocenters. The van der Waals surface area contributed by atoms with E-state index < -0.39 is 4.92 Å². The predicted octanol–water partition coefficient (Wildman–Crippen LogP) is 2.57. The minimum absolute atomic E-state index is 0.00160. The zero-order valence-corrected chi connectivity index (χ0v) is 15.7. The molecule has 0 radical (unpaired) electrons. The lowest BCUT2D eigenvalue weighted by Gasteiger charge is -2.31. The summed E-state index contributed by atoms with van der Waals surface area (Å²) < 4.78 is 0. The second-order valence-corrected chi connectivity index (χ2v) is 6.81. The van der Waals surface area contributed by atoms with E-state index in [1.165, 1.54) is 6.07 Å². The van der Waals surface area contributed by atoms with Gasteiger partial charge < -0.3 is 15.5 Å². The van der Waals surface area contributed by atoms with Gasteiger partial charge in [0.1, 0.15) is 5.69 Å². The van der Waals surface area contributed by atoms with Gasteiger partial charge in [0.05, 0.1) is 23.7 Å². The Labute approximate surface area is 164 Å². The summed E-state index contributed by atoms with van der Waals surface area (Å²) in [5.74, 6) is -0.0873. The van der Waals surface area contributed by atoms with Gasteiger partial charge in [-0.25, -0.2) is 0 Å². The Morgan fingerprint density at radius 3 is 2.82 bits per heavy atom. The number of para-hydroxylation sites is 2. The summed E-state index contributed by atoms with van der Waals surface area (Å²) in [6.45, 7) is 2.26. The average Bonchev–Trinajstić information content (AvgIpc) is 3.00. The smallest absolute Gasteiger partial charge is 0.292 e. The molecule has 0 aliphatic carbocycles. The molecule has 0 spiro atoms. The molecule has 1 aliphatic heterocycles. The van der Waals surface area contributed by atoms with E-state index in [2.05, 4.69) is 15.6 Å². The van der Waals surface area contributed by atoms with Gasteiger partial charge in [0.25, 0.3) is 5.69 Å². The van der Waals surface area contributed by atoms with Crippen LogP contribution in [0.3, 0.4) is 0 Å². The number of nitro groups is 1. The van der Waals surface area contributed by atoms with Gasteiger partial charge in [0, 0.05) is 18.3 Å². The molecular formula is C20H25N5O3. The number of rotatable bonds is 7. The maximum absolute atomic E-state index is 13.1. The van der Waals surface area contributed by atoms with Crippen LogP contribution in [0.1, 0.15) is 25.0 Å². The van der Waals surface area contributed by atoms with Gasteiger partial charge in [-0.05, 0) is 50.6 Å². The fraction of sp³-hybridized carbons (Fsp3) is 0.400. The third-order valence-corrected chi connectivity index (χ3v) is 4.90. The van der Waals surface area contributed by atoms with Crippen molar-refractivity contribution in [1.29, 1.82) is 0 Å². The van der Waals surface area contributed by atoms with E-state index in [0.717, 1.165) is 38.0 Å². The number of carbonyl (C=O) groups is 1. The lowest BCUT2D eigenvalue weighted by Crippen LogP contribution is -2.43. The number of anilines is 1. The maximum atomic E-state index is 13.1. The topological polar surface area (TPSA) is 100 Å². The largest absolute Gasteiger partial charge is 0.371 e. The standard InChI is InChI=1S/C20H25N5O3/c26-20(14-23-18-8-1-2-9-19(18)25(27)28)24(15-16-6-3-4-12-22-16)17-7-5-11-21-13-10-17/h1-4,6,8-9,12,17,21,23H,5,7,10-11,13-15H2. The van der Waals surface area contributed by atoms with E-state index in [4.69, 9.17) is 0 Å². The summed E-state index contributed by atoms with van der Waals surface area (Å²) in [5.41, 5.74) is 1.14. The summed E-state index contributed by atoms with van der Waals surface area (Å²) in [4.78, 5) is 30.0. The van der Waals surface area contributed by atoms with Crippen LogP contribution in [0.25, 0.3) is 0 Å². The third kappa shape index (κ3) is 5.26. The van der Waals surface area contributed by atoms with Gasteiger partial charge in [-0.1, -0.05) is 18.2 Å². The van der Waals surface area contributed by atoms with E-state index in [1.54, 1.807) is 24.4 Å². The molecule has 148 valence electrons. The molecule has 1 fully saturated rings. The average molecular weight is 383 g/mol. The second-order valence-electron chi connectivity index (χ2n) is 6.81. The highest BCUT2D eigenvalue weighted by molar-refractivity contribution is 5.82. The molecule has 1 aromatic carbocycles. The Morgan fingerprint density at radius 2 is 2.04 bits per heavy atom. The lowest BCUT2D eigenvalue weighted by atomic mass is 10.1. The monoisotopic (exact) mass is 383 g/mol. The van der Waals surface area contributed by atoms with Crippen molar-refractivity contribution in [3.8, 4) is 0 Å². The van der Waals surface area contributed by atoms with Crippen molar-refractivity contribution in [1.82, 2.24) is 15.2 Å². The molecule has 1 saturated heterocycles. The molecule has 3 rings (SSSR count). The SMILES string of the molecule is O=C(CNc1ccccc1[N+](=O)[O-])N(Cc1ccccn1)C1CCCNCC1. The first-order valence-electron chi connectivity index (χ1n) is 9.52. The van der Waals surface area contributed by atoms with Crippen LogP contribution in [-0.2, 0) is 11.3 Å². The Hall–Kier alpha value is -3.00. The maximum Gasteiger partial charge on any atom is 0.292 e. The fourth-order valence-electron chi connectivity index (χ4n) is 3.45. The van der Waals surface area contributed by atoms with Crippen molar-refractivity contribution in [3.63, 3.8) is 0 Å². The number of nitrogens with one attached hydrogen (secondary N) is 2. The van der Waals surface area contributed by atoms with Gasteiger partial charge in [-0.3, -0.25) is 19.9 Å². The first kappa shape index (κ1) is 19.8. The van der Waals surface area contributed by atoms with Crippen LogP contribution in [0.2, 0.25) is 0 Å². The highest BCUT2D eigenvalue weighted by atomic mass is 16.6. The number of benzene rings is 1. The zero-order chi connectivity index (χ0) is 19.8. The lowest BCUT2D eigenvalue weighted by molar-refractivity contribution is -0.383. The quantitative estimate of drug-likeness (QED) is 0.563. The number of carbonyl (C=O) groups excluding carboxylic acids is 1. The van der Waals surface area contributed by atoms with Crippen molar-refractivity contribution in [3.05, 3.63) is 64.5 Å². The Kier molecular flexibility index (Phi) is 6.91. The van der Waals surface area contributed by atoms with Crippen molar-refractivity contribution in [2.24, 2.45) is 0 Å². The number of nitro benzene ring substituents is 1. The molecule has 1 amide bonds. The highest BCUT2D eigenvalue weighted by Crippen LogP contribution is 2.23. The number of amides is 1. The Bertz CT molecular complexity index is 791. The first-order valence-corrected chi connectivity index (χ1v) is 9.52. The molecule has 1 unspecified atom stereocenters. The molecule has 2 heterocycles. The van der Waals surface area contributed by atoms with Crippen LogP contribution in [0.15, 0.2) is 48.7 Å². The van der Waals surface area contributed by atoms with Crippen molar-refractivity contribution in [2.75, 3.05) is 25.0 Å². The molecule has 2 N–H and O–H groups in total. The molecule has 0 bridgehead atoms. The van der Waals surface area contributed by atoms with Crippen molar-refractivity contribution in [2.45, 2.75) is 31.8 Å². The Morgan fingerprint density at radius 1 is 1.21 bits per heavy atom. The highest BCUT2D eigenvalue weighted by Gasteiger charge is 2.25. The predicted molar refractivity (Wildman–Crippen MR) is 107 cm³/mol. The third-order valence-electron chi connectivity index (χ3n) is 4.90. The molecule has 2 aromatic rings.